The molecule has 0 N–H and O–H groups in total. The normalized spacial score (nSPS) is 13.5. The van der Waals surface area contributed by atoms with Gasteiger partial charge in [-0.1, -0.05) is 6.07 Å². The molecule has 0 radical (unpaired) electrons. The van der Waals surface area contributed by atoms with E-state index in [2.05, 4.69) is 9.88 Å². The number of hydrogen-bond donors (Lipinski definition) is 0. The van der Waals surface area contributed by atoms with Crippen molar-refractivity contribution in [3.63, 3.8) is 0 Å². The van der Waals surface area contributed by atoms with Crippen LogP contribution in [-0.4, -0.2) is 23.7 Å². The molecule has 0 saturated heterocycles. The molecule has 4 aromatic rings. The highest BCUT2D eigenvalue weighted by Gasteiger charge is 2.23. The van der Waals surface area contributed by atoms with E-state index in [1.165, 1.54) is 6.26 Å². The van der Waals surface area contributed by atoms with Gasteiger partial charge >= 0.3 is 0 Å². The SMILES string of the molecule is COc1ccc(Oc2coc3c4c(ccc3c2=O)OCN(Cc2ccccn2)C4)cc1. The van der Waals surface area contributed by atoms with Gasteiger partial charge in [0.1, 0.15) is 35.8 Å². The molecule has 0 atom stereocenters. The Labute approximate surface area is 178 Å². The molecule has 3 heterocycles. The van der Waals surface area contributed by atoms with Crippen LogP contribution in [0.15, 0.2) is 76.3 Å². The van der Waals surface area contributed by atoms with Crippen LogP contribution in [0, 0.1) is 0 Å². The van der Waals surface area contributed by atoms with Crippen molar-refractivity contribution in [1.82, 2.24) is 9.88 Å². The number of rotatable bonds is 5. The quantitative estimate of drug-likeness (QED) is 0.479. The van der Waals surface area contributed by atoms with Gasteiger partial charge in [0.05, 0.1) is 23.8 Å². The van der Waals surface area contributed by atoms with Gasteiger partial charge in [0.25, 0.3) is 0 Å². The van der Waals surface area contributed by atoms with E-state index in [0.29, 0.717) is 42.3 Å². The number of ether oxygens (including phenoxy) is 3. The summed E-state index contributed by atoms with van der Waals surface area (Å²) in [5.41, 5.74) is 2.07. The standard InChI is InChI=1S/C24H20N2O5/c1-28-17-5-7-18(8-6-17)31-22-14-29-24-19(23(22)27)9-10-21-20(24)13-26(15-30-21)12-16-4-2-3-11-25-16/h2-11,14H,12-13,15H2,1H3. The predicted molar refractivity (Wildman–Crippen MR) is 115 cm³/mol. The number of fused-ring (bicyclic) bond motifs is 3. The monoisotopic (exact) mass is 416 g/mol. The van der Waals surface area contributed by atoms with Crippen molar-refractivity contribution < 1.29 is 18.6 Å². The first kappa shape index (κ1) is 19.1. The smallest absolute Gasteiger partial charge is 0.235 e. The largest absolute Gasteiger partial charge is 0.497 e. The Bertz CT molecular complexity index is 1270. The van der Waals surface area contributed by atoms with Gasteiger partial charge in [0, 0.05) is 19.3 Å². The molecule has 0 saturated carbocycles. The van der Waals surface area contributed by atoms with E-state index < -0.39 is 0 Å². The fourth-order valence-corrected chi connectivity index (χ4v) is 3.60. The number of pyridine rings is 1. The second-order valence-corrected chi connectivity index (χ2v) is 7.21. The molecule has 7 heteroatoms. The fraction of sp³-hybridized carbons (Fsp3) is 0.167. The van der Waals surface area contributed by atoms with Gasteiger partial charge in [-0.2, -0.15) is 0 Å². The van der Waals surface area contributed by atoms with Crippen LogP contribution in [0.3, 0.4) is 0 Å². The number of hydrogen-bond acceptors (Lipinski definition) is 7. The van der Waals surface area contributed by atoms with Crippen molar-refractivity contribution in [2.45, 2.75) is 13.1 Å². The summed E-state index contributed by atoms with van der Waals surface area (Å²) in [5.74, 6) is 2.08. The van der Waals surface area contributed by atoms with E-state index >= 15 is 0 Å². The van der Waals surface area contributed by atoms with E-state index in [4.69, 9.17) is 18.6 Å². The van der Waals surface area contributed by atoms with Crippen LogP contribution >= 0.6 is 0 Å². The average Bonchev–Trinajstić information content (AvgIpc) is 2.82. The van der Waals surface area contributed by atoms with E-state index in [-0.39, 0.29) is 11.2 Å². The van der Waals surface area contributed by atoms with Crippen molar-refractivity contribution >= 4 is 11.0 Å². The zero-order valence-corrected chi connectivity index (χ0v) is 16.9. The number of aromatic nitrogens is 1. The van der Waals surface area contributed by atoms with Crippen LogP contribution in [0.25, 0.3) is 11.0 Å². The van der Waals surface area contributed by atoms with Crippen LogP contribution < -0.4 is 19.6 Å². The van der Waals surface area contributed by atoms with Gasteiger partial charge in [-0.05, 0) is 48.5 Å². The third-order valence-electron chi connectivity index (χ3n) is 5.15. The van der Waals surface area contributed by atoms with E-state index in [9.17, 15) is 4.79 Å². The van der Waals surface area contributed by atoms with Gasteiger partial charge in [0.15, 0.2) is 0 Å². The molecule has 1 aliphatic heterocycles. The van der Waals surface area contributed by atoms with Crippen molar-refractivity contribution in [2.75, 3.05) is 13.8 Å². The molecule has 5 rings (SSSR count). The molecule has 1 aliphatic rings. The number of benzene rings is 2. The van der Waals surface area contributed by atoms with Crippen molar-refractivity contribution in [3.05, 3.63) is 88.5 Å². The Morgan fingerprint density at radius 2 is 1.90 bits per heavy atom. The summed E-state index contributed by atoms with van der Waals surface area (Å²) in [5, 5.41) is 0.452. The topological polar surface area (TPSA) is 74.0 Å². The first-order valence-electron chi connectivity index (χ1n) is 9.85. The van der Waals surface area contributed by atoms with Crippen LogP contribution in [-0.2, 0) is 13.1 Å². The lowest BCUT2D eigenvalue weighted by Gasteiger charge is -2.28. The molecule has 156 valence electrons. The maximum Gasteiger partial charge on any atom is 0.235 e. The zero-order valence-electron chi connectivity index (χ0n) is 16.9. The van der Waals surface area contributed by atoms with Crippen LogP contribution in [0.2, 0.25) is 0 Å². The maximum atomic E-state index is 13.0. The van der Waals surface area contributed by atoms with Gasteiger partial charge in [0.2, 0.25) is 11.2 Å². The van der Waals surface area contributed by atoms with E-state index in [1.54, 1.807) is 43.6 Å². The van der Waals surface area contributed by atoms with Crippen molar-refractivity contribution in [1.29, 1.82) is 0 Å². The molecule has 7 nitrogen and oxygen atoms in total. The molecular formula is C24H20N2O5. The minimum atomic E-state index is -0.235. The number of nitrogens with zero attached hydrogens (tertiary/aromatic N) is 2. The Morgan fingerprint density at radius 3 is 2.68 bits per heavy atom. The third kappa shape index (κ3) is 3.83. The lowest BCUT2D eigenvalue weighted by molar-refractivity contribution is 0.0878. The number of methoxy groups -OCH3 is 1. The molecular weight excluding hydrogens is 396 g/mol. The molecule has 2 aromatic carbocycles. The van der Waals surface area contributed by atoms with Gasteiger partial charge in [-0.3, -0.25) is 14.7 Å². The molecule has 0 bridgehead atoms. The Balaban J connectivity index is 1.44. The minimum Gasteiger partial charge on any atom is -0.497 e. The first-order valence-corrected chi connectivity index (χ1v) is 9.85. The third-order valence-corrected chi connectivity index (χ3v) is 5.15. The summed E-state index contributed by atoms with van der Waals surface area (Å²) in [6.07, 6.45) is 3.12. The Hall–Kier alpha value is -3.84. The van der Waals surface area contributed by atoms with Gasteiger partial charge in [-0.15, -0.1) is 0 Å². The summed E-state index contributed by atoms with van der Waals surface area (Å²) in [6.45, 7) is 1.67. The molecule has 0 fully saturated rings. The van der Waals surface area contributed by atoms with Crippen molar-refractivity contribution in [3.8, 4) is 23.0 Å². The van der Waals surface area contributed by atoms with E-state index in [1.807, 2.05) is 24.3 Å². The average molecular weight is 416 g/mol. The second kappa shape index (κ2) is 8.12. The first-order chi connectivity index (χ1) is 15.2. The minimum absolute atomic E-state index is 0.125. The molecule has 0 unspecified atom stereocenters. The molecule has 2 aromatic heterocycles. The van der Waals surface area contributed by atoms with Crippen LogP contribution in [0.4, 0.5) is 0 Å². The second-order valence-electron chi connectivity index (χ2n) is 7.21. The molecule has 0 spiro atoms. The summed E-state index contributed by atoms with van der Waals surface area (Å²) >= 11 is 0. The highest BCUT2D eigenvalue weighted by atomic mass is 16.5. The molecule has 31 heavy (non-hydrogen) atoms. The zero-order chi connectivity index (χ0) is 21.2. The Morgan fingerprint density at radius 1 is 1.06 bits per heavy atom. The maximum absolute atomic E-state index is 13.0. The predicted octanol–water partition coefficient (Wildman–Crippen LogP) is 4.34. The lowest BCUT2D eigenvalue weighted by Crippen LogP contribution is -2.32. The van der Waals surface area contributed by atoms with Gasteiger partial charge in [-0.25, -0.2) is 0 Å². The summed E-state index contributed by atoms with van der Waals surface area (Å²) in [6, 6.07) is 16.3. The summed E-state index contributed by atoms with van der Waals surface area (Å²) in [7, 11) is 1.59. The molecule has 0 amide bonds. The van der Waals surface area contributed by atoms with E-state index in [0.717, 1.165) is 17.0 Å². The van der Waals surface area contributed by atoms with Crippen LogP contribution in [0.1, 0.15) is 11.3 Å². The summed E-state index contributed by atoms with van der Waals surface area (Å²) in [4.78, 5) is 19.5. The molecule has 0 aliphatic carbocycles. The van der Waals surface area contributed by atoms with Gasteiger partial charge < -0.3 is 18.6 Å². The van der Waals surface area contributed by atoms with Crippen LogP contribution in [0.5, 0.6) is 23.0 Å². The lowest BCUT2D eigenvalue weighted by atomic mass is 10.1. The Kier molecular flexibility index (Phi) is 5.01. The fourth-order valence-electron chi connectivity index (χ4n) is 3.60. The highest BCUT2D eigenvalue weighted by Crippen LogP contribution is 2.33. The summed E-state index contributed by atoms with van der Waals surface area (Å²) < 4.78 is 22.7. The highest BCUT2D eigenvalue weighted by molar-refractivity contribution is 5.83. The van der Waals surface area contributed by atoms with Crippen molar-refractivity contribution in [2.24, 2.45) is 0 Å².